The van der Waals surface area contributed by atoms with Crippen LogP contribution in [0.2, 0.25) is 10.0 Å². The number of hydrogen-bond acceptors (Lipinski definition) is 3. The third-order valence-electron chi connectivity index (χ3n) is 5.21. The maximum atomic E-state index is 12.9. The minimum atomic E-state index is -0.886. The van der Waals surface area contributed by atoms with Crippen molar-refractivity contribution in [1.82, 2.24) is 9.80 Å². The maximum absolute atomic E-state index is 12.9. The molecule has 26 heavy (non-hydrogen) atoms. The first-order valence-corrected chi connectivity index (χ1v) is 9.32. The van der Waals surface area contributed by atoms with E-state index in [1.807, 2.05) is 6.92 Å². The highest BCUT2D eigenvalue weighted by atomic mass is 35.5. The summed E-state index contributed by atoms with van der Waals surface area (Å²) in [5.41, 5.74) is 0.386. The van der Waals surface area contributed by atoms with E-state index in [-0.39, 0.29) is 29.3 Å². The van der Waals surface area contributed by atoms with Gasteiger partial charge in [-0.2, -0.15) is 0 Å². The Labute approximate surface area is 161 Å². The molecule has 2 aliphatic heterocycles. The van der Waals surface area contributed by atoms with Crippen molar-refractivity contribution in [1.29, 1.82) is 0 Å². The van der Waals surface area contributed by atoms with Gasteiger partial charge in [-0.05, 0) is 37.0 Å². The largest absolute Gasteiger partial charge is 0.481 e. The Hall–Kier alpha value is -1.79. The summed E-state index contributed by atoms with van der Waals surface area (Å²) in [4.78, 5) is 40.2. The number of hydrogen-bond donors (Lipinski definition) is 1. The second-order valence-electron chi connectivity index (χ2n) is 6.95. The van der Waals surface area contributed by atoms with E-state index in [0.717, 1.165) is 6.42 Å². The van der Waals surface area contributed by atoms with Crippen molar-refractivity contribution < 1.29 is 19.5 Å². The number of carbonyl (C=O) groups is 3. The number of carboxylic acids is 1. The summed E-state index contributed by atoms with van der Waals surface area (Å²) in [7, 11) is 0. The molecule has 1 N–H and O–H groups in total. The first-order valence-electron chi connectivity index (χ1n) is 8.57. The molecule has 6 nitrogen and oxygen atoms in total. The lowest BCUT2D eigenvalue weighted by atomic mass is 9.99. The second-order valence-corrected chi connectivity index (χ2v) is 7.77. The van der Waals surface area contributed by atoms with Crippen LogP contribution in [-0.4, -0.2) is 58.4 Å². The Kier molecular flexibility index (Phi) is 5.44. The van der Waals surface area contributed by atoms with Crippen molar-refractivity contribution in [3.05, 3.63) is 33.8 Å². The maximum Gasteiger partial charge on any atom is 0.308 e. The highest BCUT2D eigenvalue weighted by molar-refractivity contribution is 6.42. The van der Waals surface area contributed by atoms with Crippen LogP contribution in [0.5, 0.6) is 0 Å². The van der Waals surface area contributed by atoms with Gasteiger partial charge in [0, 0.05) is 25.2 Å². The van der Waals surface area contributed by atoms with E-state index in [1.54, 1.807) is 21.9 Å². The van der Waals surface area contributed by atoms with Gasteiger partial charge in [0.2, 0.25) is 5.91 Å². The Morgan fingerprint density at radius 1 is 1.15 bits per heavy atom. The summed E-state index contributed by atoms with van der Waals surface area (Å²) in [5.74, 6) is -1.98. The summed E-state index contributed by atoms with van der Waals surface area (Å²) in [6.45, 7) is 2.92. The van der Waals surface area contributed by atoms with E-state index in [0.29, 0.717) is 30.1 Å². The van der Waals surface area contributed by atoms with E-state index in [1.165, 1.54) is 6.07 Å². The lowest BCUT2D eigenvalue weighted by Gasteiger charge is -2.28. The van der Waals surface area contributed by atoms with Gasteiger partial charge in [0.25, 0.3) is 5.91 Å². The van der Waals surface area contributed by atoms with Gasteiger partial charge in [0.05, 0.1) is 16.0 Å². The highest BCUT2D eigenvalue weighted by Gasteiger charge is 2.42. The predicted octanol–water partition coefficient (Wildman–Crippen LogP) is 2.78. The minimum Gasteiger partial charge on any atom is -0.481 e. The average molecular weight is 399 g/mol. The zero-order valence-corrected chi connectivity index (χ0v) is 15.8. The summed E-state index contributed by atoms with van der Waals surface area (Å²) < 4.78 is 0. The zero-order valence-electron chi connectivity index (χ0n) is 14.3. The van der Waals surface area contributed by atoms with Crippen molar-refractivity contribution in [2.45, 2.75) is 25.8 Å². The topological polar surface area (TPSA) is 77.9 Å². The Morgan fingerprint density at radius 3 is 2.50 bits per heavy atom. The van der Waals surface area contributed by atoms with Crippen molar-refractivity contribution in [3.63, 3.8) is 0 Å². The number of nitrogens with zero attached hydrogens (tertiary/aromatic N) is 2. The fourth-order valence-electron chi connectivity index (χ4n) is 3.74. The molecule has 0 radical (unpaired) electrons. The average Bonchev–Trinajstić information content (AvgIpc) is 3.22. The fourth-order valence-corrected chi connectivity index (χ4v) is 4.04. The lowest BCUT2D eigenvalue weighted by molar-refractivity contribution is -0.142. The molecule has 1 unspecified atom stereocenters. The molecule has 3 rings (SSSR count). The van der Waals surface area contributed by atoms with Crippen molar-refractivity contribution >= 4 is 41.0 Å². The third kappa shape index (κ3) is 3.53. The van der Waals surface area contributed by atoms with Crippen LogP contribution in [0.1, 0.15) is 30.1 Å². The molecule has 0 aliphatic carbocycles. The van der Waals surface area contributed by atoms with E-state index in [4.69, 9.17) is 23.2 Å². The SMILES string of the molecule is C[C@@H]1CN(C(=O)C2CCCN2C(=O)c2ccc(Cl)c(Cl)c2)C[C@H]1C(=O)O. The number of benzene rings is 1. The number of amides is 2. The van der Waals surface area contributed by atoms with Crippen LogP contribution in [0.25, 0.3) is 0 Å². The zero-order chi connectivity index (χ0) is 19.0. The number of carbonyl (C=O) groups excluding carboxylic acids is 2. The molecule has 140 valence electrons. The quantitative estimate of drug-likeness (QED) is 0.848. The standard InChI is InChI=1S/C18H20Cl2N2O4/c1-10-8-21(9-12(10)18(25)26)17(24)15-3-2-6-22(15)16(23)11-4-5-13(19)14(20)7-11/h4-5,7,10,12,15H,2-3,6,8-9H2,1H3,(H,25,26)/t10-,12-,15?/m1/s1. The highest BCUT2D eigenvalue weighted by Crippen LogP contribution is 2.29. The first-order chi connectivity index (χ1) is 12.3. The van der Waals surface area contributed by atoms with E-state index < -0.39 is 17.9 Å². The van der Waals surface area contributed by atoms with Gasteiger partial charge in [-0.25, -0.2) is 0 Å². The molecule has 8 heteroatoms. The van der Waals surface area contributed by atoms with Crippen LogP contribution < -0.4 is 0 Å². The smallest absolute Gasteiger partial charge is 0.308 e. The lowest BCUT2D eigenvalue weighted by Crippen LogP contribution is -2.47. The normalized spacial score (nSPS) is 25.6. The van der Waals surface area contributed by atoms with Gasteiger partial charge in [0.15, 0.2) is 0 Å². The van der Waals surface area contributed by atoms with Crippen molar-refractivity contribution in [2.75, 3.05) is 19.6 Å². The fraction of sp³-hybridized carbons (Fsp3) is 0.500. The van der Waals surface area contributed by atoms with E-state index in [2.05, 4.69) is 0 Å². The number of halogens is 2. The molecule has 2 fully saturated rings. The van der Waals surface area contributed by atoms with E-state index >= 15 is 0 Å². The number of carboxylic acid groups (broad SMARTS) is 1. The predicted molar refractivity (Wildman–Crippen MR) is 97.4 cm³/mol. The van der Waals surface area contributed by atoms with Crippen LogP contribution in [0, 0.1) is 11.8 Å². The molecule has 2 amide bonds. The molecule has 1 aromatic rings. The molecule has 3 atom stereocenters. The van der Waals surface area contributed by atoms with Gasteiger partial charge in [-0.3, -0.25) is 14.4 Å². The molecule has 0 saturated carbocycles. The number of aliphatic carboxylic acids is 1. The molecule has 0 aromatic heterocycles. The van der Waals surface area contributed by atoms with Crippen LogP contribution in [0.3, 0.4) is 0 Å². The molecule has 1 aromatic carbocycles. The Balaban J connectivity index is 1.75. The molecule has 2 aliphatic rings. The number of likely N-dealkylation sites (tertiary alicyclic amines) is 2. The molecular weight excluding hydrogens is 379 g/mol. The minimum absolute atomic E-state index is 0.0999. The van der Waals surface area contributed by atoms with Crippen LogP contribution >= 0.6 is 23.2 Å². The molecular formula is C18H20Cl2N2O4. The summed E-state index contributed by atoms with van der Waals surface area (Å²) >= 11 is 11.9. The molecule has 2 heterocycles. The molecule has 0 spiro atoms. The van der Waals surface area contributed by atoms with Gasteiger partial charge in [-0.15, -0.1) is 0 Å². The Morgan fingerprint density at radius 2 is 1.88 bits per heavy atom. The summed E-state index contributed by atoms with van der Waals surface area (Å²) in [5, 5.41) is 9.91. The number of rotatable bonds is 3. The van der Waals surface area contributed by atoms with Gasteiger partial charge >= 0.3 is 5.97 Å². The molecule has 2 saturated heterocycles. The third-order valence-corrected chi connectivity index (χ3v) is 5.95. The monoisotopic (exact) mass is 398 g/mol. The second kappa shape index (κ2) is 7.45. The van der Waals surface area contributed by atoms with Gasteiger partial charge in [-0.1, -0.05) is 30.1 Å². The van der Waals surface area contributed by atoms with Crippen molar-refractivity contribution in [2.24, 2.45) is 11.8 Å². The van der Waals surface area contributed by atoms with Crippen LogP contribution in [0.4, 0.5) is 0 Å². The summed E-state index contributed by atoms with van der Waals surface area (Å²) in [6.07, 6.45) is 1.31. The van der Waals surface area contributed by atoms with Gasteiger partial charge in [0.1, 0.15) is 6.04 Å². The van der Waals surface area contributed by atoms with Crippen LogP contribution in [0.15, 0.2) is 18.2 Å². The van der Waals surface area contributed by atoms with Gasteiger partial charge < -0.3 is 14.9 Å². The molecule has 0 bridgehead atoms. The Bertz CT molecular complexity index is 755. The van der Waals surface area contributed by atoms with E-state index in [9.17, 15) is 19.5 Å². The van der Waals surface area contributed by atoms with Crippen molar-refractivity contribution in [3.8, 4) is 0 Å². The summed E-state index contributed by atoms with van der Waals surface area (Å²) in [6, 6.07) is 4.10. The first kappa shape index (κ1) is 19.0. The van der Waals surface area contributed by atoms with Crippen LogP contribution in [-0.2, 0) is 9.59 Å².